The van der Waals surface area contributed by atoms with Crippen LogP contribution in [0.5, 0.6) is 11.5 Å². The molecular formula is C40H47F3IrNO3-. The number of Topliss-reactive ketones (excluding diaryl/α,β-unsaturated/α-hetero) is 1. The molecule has 261 valence electrons. The van der Waals surface area contributed by atoms with Crippen molar-refractivity contribution in [3.8, 4) is 22.8 Å². The summed E-state index contributed by atoms with van der Waals surface area (Å²) in [6.45, 7) is 15.7. The molecule has 0 bridgehead atoms. The van der Waals surface area contributed by atoms with E-state index in [1.54, 1.807) is 6.92 Å². The number of pyridine rings is 1. The number of ether oxygens (including phenoxy) is 1. The first-order valence-corrected chi connectivity index (χ1v) is 16.8. The fourth-order valence-electron chi connectivity index (χ4n) is 6.54. The minimum absolute atomic E-state index is 0. The second kappa shape index (κ2) is 16.5. The smallest absolute Gasteiger partial charge is 0.389 e. The number of benzene rings is 3. The predicted octanol–water partition coefficient (Wildman–Crippen LogP) is 12.1. The summed E-state index contributed by atoms with van der Waals surface area (Å²) in [5, 5.41) is 14.6. The molecule has 1 aromatic heterocycles. The Morgan fingerprint density at radius 1 is 0.979 bits per heavy atom. The summed E-state index contributed by atoms with van der Waals surface area (Å²) in [4.78, 5) is 16.8. The molecule has 0 amide bonds. The van der Waals surface area contributed by atoms with Crippen molar-refractivity contribution >= 4 is 27.3 Å². The van der Waals surface area contributed by atoms with E-state index in [0.717, 1.165) is 39.9 Å². The number of carbonyl (C=O) groups is 1. The van der Waals surface area contributed by atoms with Crippen LogP contribution in [-0.2, 0) is 31.3 Å². The van der Waals surface area contributed by atoms with E-state index in [0.29, 0.717) is 24.7 Å². The Morgan fingerprint density at radius 3 is 2.21 bits per heavy atom. The number of hydrogen-bond donors (Lipinski definition) is 1. The van der Waals surface area contributed by atoms with Crippen molar-refractivity contribution in [3.05, 3.63) is 77.2 Å². The molecule has 0 spiro atoms. The molecule has 2 heterocycles. The van der Waals surface area contributed by atoms with Crippen molar-refractivity contribution in [2.75, 3.05) is 0 Å². The van der Waals surface area contributed by atoms with Crippen LogP contribution in [0.4, 0.5) is 13.2 Å². The zero-order valence-electron chi connectivity index (χ0n) is 29.1. The van der Waals surface area contributed by atoms with Gasteiger partial charge in [0.05, 0.1) is 12.2 Å². The van der Waals surface area contributed by atoms with Crippen molar-refractivity contribution in [3.63, 3.8) is 0 Å². The minimum Gasteiger partial charge on any atom is -0.512 e. The van der Waals surface area contributed by atoms with Crippen molar-refractivity contribution in [1.82, 2.24) is 4.98 Å². The molecule has 1 N–H and O–H groups in total. The monoisotopic (exact) mass is 839 g/mol. The second-order valence-corrected chi connectivity index (χ2v) is 13.3. The number of alkyl halides is 3. The molecule has 4 nitrogen and oxygen atoms in total. The van der Waals surface area contributed by atoms with Gasteiger partial charge in [-0.25, -0.2) is 0 Å². The topological polar surface area (TPSA) is 59.4 Å². The van der Waals surface area contributed by atoms with E-state index in [4.69, 9.17) is 9.72 Å². The van der Waals surface area contributed by atoms with Gasteiger partial charge in [0, 0.05) is 54.8 Å². The van der Waals surface area contributed by atoms with E-state index < -0.39 is 24.3 Å². The Bertz CT molecular complexity index is 1770. The largest absolute Gasteiger partial charge is 0.512 e. The number of hydrogen-bond acceptors (Lipinski definition) is 4. The van der Waals surface area contributed by atoms with Gasteiger partial charge >= 0.3 is 6.18 Å². The van der Waals surface area contributed by atoms with Crippen LogP contribution in [-0.4, -0.2) is 22.1 Å². The molecule has 48 heavy (non-hydrogen) atoms. The van der Waals surface area contributed by atoms with Gasteiger partial charge in [-0.3, -0.25) is 9.78 Å². The molecule has 1 aliphatic rings. The number of nitrogens with zero attached hydrogens (tertiary/aromatic N) is 1. The number of halogens is 3. The van der Waals surface area contributed by atoms with Gasteiger partial charge < -0.3 is 9.84 Å². The Hall–Kier alpha value is -3.22. The van der Waals surface area contributed by atoms with Crippen LogP contribution >= 0.6 is 0 Å². The summed E-state index contributed by atoms with van der Waals surface area (Å²) in [6.07, 6.45) is -1.11. The number of fused-ring (bicyclic) bond motifs is 3. The van der Waals surface area contributed by atoms with Gasteiger partial charge in [0.2, 0.25) is 0 Å². The van der Waals surface area contributed by atoms with Gasteiger partial charge in [-0.05, 0) is 67.5 Å². The van der Waals surface area contributed by atoms with E-state index in [2.05, 4.69) is 76.2 Å². The first-order valence-electron chi connectivity index (χ1n) is 16.8. The van der Waals surface area contributed by atoms with Crippen LogP contribution in [0.3, 0.4) is 0 Å². The zero-order chi connectivity index (χ0) is 34.6. The van der Waals surface area contributed by atoms with Crippen LogP contribution in [0.25, 0.3) is 32.8 Å². The molecule has 0 fully saturated rings. The van der Waals surface area contributed by atoms with E-state index in [1.807, 2.05) is 20.0 Å². The van der Waals surface area contributed by atoms with Crippen molar-refractivity contribution < 1.29 is 47.9 Å². The first-order chi connectivity index (χ1) is 22.2. The molecule has 5 rings (SSSR count). The molecule has 1 aliphatic heterocycles. The van der Waals surface area contributed by atoms with E-state index >= 15 is 0 Å². The maximum atomic E-state index is 12.4. The normalized spacial score (nSPS) is 13.5. The van der Waals surface area contributed by atoms with Gasteiger partial charge in [-0.15, -0.1) is 17.5 Å². The third kappa shape index (κ3) is 8.67. The molecule has 0 aliphatic carbocycles. The summed E-state index contributed by atoms with van der Waals surface area (Å²) in [5.41, 5.74) is 4.59. The maximum absolute atomic E-state index is 12.4. The van der Waals surface area contributed by atoms with Crippen LogP contribution in [0, 0.1) is 23.8 Å². The number of aliphatic hydroxyl groups is 1. The van der Waals surface area contributed by atoms with Gasteiger partial charge in [0.15, 0.2) is 5.78 Å². The van der Waals surface area contributed by atoms with Gasteiger partial charge in [-0.1, -0.05) is 89.2 Å². The molecule has 0 saturated carbocycles. The second-order valence-electron chi connectivity index (χ2n) is 13.3. The first kappa shape index (κ1) is 39.2. The van der Waals surface area contributed by atoms with Crippen LogP contribution in [0.15, 0.2) is 60.0 Å². The summed E-state index contributed by atoms with van der Waals surface area (Å²) in [6, 6.07) is 18.6. The van der Waals surface area contributed by atoms with Crippen molar-refractivity contribution in [2.45, 2.75) is 99.6 Å². The molecule has 4 aromatic rings. The van der Waals surface area contributed by atoms with Crippen LogP contribution in [0.2, 0.25) is 0 Å². The number of aromatic nitrogens is 1. The molecule has 1 unspecified atom stereocenters. The molecule has 8 heteroatoms. The third-order valence-corrected chi connectivity index (χ3v) is 8.97. The number of ketones is 1. The quantitative estimate of drug-likeness (QED) is 0.0865. The van der Waals surface area contributed by atoms with E-state index in [9.17, 15) is 23.1 Å². The number of rotatable bonds is 10. The Labute approximate surface area is 296 Å². The fraction of sp³-hybridized carbons (Fsp3) is 0.450. The minimum atomic E-state index is -4.36. The van der Waals surface area contributed by atoms with E-state index in [-0.39, 0.29) is 43.8 Å². The van der Waals surface area contributed by atoms with Gasteiger partial charge in [0.25, 0.3) is 0 Å². The Balaban J connectivity index is 0.000000278. The van der Waals surface area contributed by atoms with Gasteiger partial charge in [-0.2, -0.15) is 13.2 Å². The van der Waals surface area contributed by atoms with Crippen molar-refractivity contribution in [1.29, 1.82) is 0 Å². The van der Waals surface area contributed by atoms with Crippen LogP contribution < -0.4 is 4.74 Å². The molecular weight excluding hydrogens is 792 g/mol. The summed E-state index contributed by atoms with van der Waals surface area (Å²) < 4.78 is 43.7. The molecule has 3 aromatic carbocycles. The average molecular weight is 839 g/mol. The fourth-order valence-corrected chi connectivity index (χ4v) is 6.54. The Morgan fingerprint density at radius 2 is 1.62 bits per heavy atom. The predicted molar refractivity (Wildman–Crippen MR) is 185 cm³/mol. The standard InChI is InChI=1S/C26H24NO.C14H23F3O2.Ir/c1-15(2)11-17-12-19-9-10-27-25-21-14-18-7-5-6-8-20(18)23(16(3)4)26(21)28-22(13-17)24(19)25;1-5-10(6-2)12(18)9(4)13(19)11(7-3)8-14(15,16)17;/h5-10,12-13,15-16H,11H2,1-4H3;10-11,18H,5-8H2,1-4H3;/q-1;;/b;12-9-;. The number of aliphatic hydroxyl groups excluding tert-OH is 1. The average Bonchev–Trinajstić information content (AvgIpc) is 3.02. The zero-order valence-corrected chi connectivity index (χ0v) is 31.5. The summed E-state index contributed by atoms with van der Waals surface area (Å²) in [5.74, 6) is 0.874. The third-order valence-electron chi connectivity index (χ3n) is 8.97. The number of carbonyl (C=O) groups excluding carboxylic acids is 1. The van der Waals surface area contributed by atoms with Crippen molar-refractivity contribution in [2.24, 2.45) is 17.8 Å². The summed E-state index contributed by atoms with van der Waals surface area (Å²) in [7, 11) is 0. The SMILES string of the molecule is CC(C)Cc1cc2c3c(nccc3c1)-c1[c-]c3ccccc3c(C(C)C)c1O2.CCC(CC(F)(F)F)C(=O)/C(C)=C(\O)C(CC)CC.[Ir]. The molecule has 1 radical (unpaired) electrons. The molecule has 0 saturated heterocycles. The molecule has 1 atom stereocenters. The number of allylic oxidation sites excluding steroid dienone is 2. The van der Waals surface area contributed by atoms with Crippen LogP contribution in [0.1, 0.15) is 98.1 Å². The summed E-state index contributed by atoms with van der Waals surface area (Å²) >= 11 is 0. The van der Waals surface area contributed by atoms with E-state index in [1.165, 1.54) is 28.8 Å². The maximum Gasteiger partial charge on any atom is 0.389 e. The van der Waals surface area contributed by atoms with Gasteiger partial charge in [0.1, 0.15) is 11.5 Å². The Kier molecular flexibility index (Phi) is 13.4.